The number of piperidine rings is 1. The van der Waals surface area contributed by atoms with E-state index in [9.17, 15) is 23.2 Å². The van der Waals surface area contributed by atoms with Gasteiger partial charge in [0, 0.05) is 37.2 Å². The second-order valence-electron chi connectivity index (χ2n) is 8.64. The van der Waals surface area contributed by atoms with Crippen molar-refractivity contribution in [3.05, 3.63) is 59.7 Å². The summed E-state index contributed by atoms with van der Waals surface area (Å²) in [5, 5.41) is 2.85. The van der Waals surface area contributed by atoms with Gasteiger partial charge in [-0.05, 0) is 55.8 Å². The molecule has 2 aromatic rings. The van der Waals surface area contributed by atoms with E-state index >= 15 is 0 Å². The largest absolute Gasteiger partial charge is 0.369 e. The van der Waals surface area contributed by atoms with Gasteiger partial charge in [0.2, 0.25) is 17.7 Å². The van der Waals surface area contributed by atoms with Gasteiger partial charge in [0.15, 0.2) is 0 Å². The average Bonchev–Trinajstić information content (AvgIpc) is 3.16. The molecule has 3 amide bonds. The molecule has 9 heteroatoms. The molecule has 0 saturated carbocycles. The minimum Gasteiger partial charge on any atom is -0.369 e. The highest BCUT2D eigenvalue weighted by Crippen LogP contribution is 2.29. The van der Waals surface area contributed by atoms with Crippen LogP contribution in [0.1, 0.15) is 24.8 Å². The summed E-state index contributed by atoms with van der Waals surface area (Å²) in [6.45, 7) is 2.28. The first-order valence-corrected chi connectivity index (χ1v) is 11.0. The Hall–Kier alpha value is -3.33. The quantitative estimate of drug-likeness (QED) is 0.699. The number of amides is 3. The van der Waals surface area contributed by atoms with Gasteiger partial charge >= 0.3 is 0 Å². The summed E-state index contributed by atoms with van der Waals surface area (Å²) in [6.07, 6.45) is 1.44. The number of halogens is 2. The van der Waals surface area contributed by atoms with Crippen molar-refractivity contribution < 1.29 is 23.2 Å². The van der Waals surface area contributed by atoms with Crippen LogP contribution in [0.15, 0.2) is 42.5 Å². The molecule has 0 spiro atoms. The van der Waals surface area contributed by atoms with Crippen LogP contribution in [0.3, 0.4) is 0 Å². The monoisotopic (exact) mass is 456 g/mol. The standard InChI is InChI=1S/C24H26F2N4O3/c25-18-4-5-21(20(26)12-18)30-14-17(11-22(30)31)24(33)28-19-3-1-2-15(10-19)13-29-8-6-16(7-9-29)23(27)32/h1-5,10,12,16-17H,6-9,11,13-14H2,(H2,27,32)(H,28,33). The number of carbonyl (C=O) groups excluding carboxylic acids is 3. The molecule has 0 radical (unpaired) electrons. The van der Waals surface area contributed by atoms with E-state index in [0.717, 1.165) is 43.6 Å². The van der Waals surface area contributed by atoms with Gasteiger partial charge in [-0.3, -0.25) is 19.3 Å². The first kappa shape index (κ1) is 22.8. The van der Waals surface area contributed by atoms with Crippen molar-refractivity contribution in [3.8, 4) is 0 Å². The summed E-state index contributed by atoms with van der Waals surface area (Å²) in [7, 11) is 0. The summed E-state index contributed by atoms with van der Waals surface area (Å²) in [6, 6.07) is 10.5. The van der Waals surface area contributed by atoms with E-state index in [-0.39, 0.29) is 42.3 Å². The molecule has 1 unspecified atom stereocenters. The smallest absolute Gasteiger partial charge is 0.229 e. The fraction of sp³-hybridized carbons (Fsp3) is 0.375. The van der Waals surface area contributed by atoms with Crippen molar-refractivity contribution in [1.82, 2.24) is 4.90 Å². The Labute approximate surface area is 190 Å². The van der Waals surface area contributed by atoms with Crippen LogP contribution in [0, 0.1) is 23.5 Å². The summed E-state index contributed by atoms with van der Waals surface area (Å²) in [5.41, 5.74) is 6.99. The number of hydrogen-bond donors (Lipinski definition) is 2. The van der Waals surface area contributed by atoms with Crippen molar-refractivity contribution in [2.45, 2.75) is 25.8 Å². The van der Waals surface area contributed by atoms with E-state index in [4.69, 9.17) is 5.73 Å². The van der Waals surface area contributed by atoms with Crippen molar-refractivity contribution >= 4 is 29.1 Å². The second-order valence-corrected chi connectivity index (χ2v) is 8.64. The number of hydrogen-bond acceptors (Lipinski definition) is 4. The van der Waals surface area contributed by atoms with E-state index in [1.54, 1.807) is 6.07 Å². The second kappa shape index (κ2) is 9.66. The highest BCUT2D eigenvalue weighted by Gasteiger charge is 2.36. The topological polar surface area (TPSA) is 95.7 Å². The number of anilines is 2. The number of nitrogens with two attached hydrogens (primary N) is 1. The zero-order chi connectivity index (χ0) is 23.5. The van der Waals surface area contributed by atoms with E-state index in [1.165, 1.54) is 11.0 Å². The van der Waals surface area contributed by atoms with Crippen molar-refractivity contribution in [2.24, 2.45) is 17.6 Å². The van der Waals surface area contributed by atoms with Gasteiger partial charge in [-0.25, -0.2) is 8.78 Å². The molecule has 2 aliphatic rings. The Balaban J connectivity index is 1.35. The van der Waals surface area contributed by atoms with Crippen LogP contribution in [0.4, 0.5) is 20.2 Å². The third kappa shape index (κ3) is 5.36. The van der Waals surface area contributed by atoms with Gasteiger partial charge in [-0.1, -0.05) is 12.1 Å². The lowest BCUT2D eigenvalue weighted by atomic mass is 9.96. The van der Waals surface area contributed by atoms with Crippen LogP contribution in [0.5, 0.6) is 0 Å². The molecule has 7 nitrogen and oxygen atoms in total. The Morgan fingerprint density at radius 1 is 1.06 bits per heavy atom. The molecule has 2 fully saturated rings. The maximum Gasteiger partial charge on any atom is 0.229 e. The maximum absolute atomic E-state index is 14.1. The third-order valence-corrected chi connectivity index (χ3v) is 6.29. The Morgan fingerprint density at radius 3 is 2.52 bits per heavy atom. The normalized spacial score (nSPS) is 19.6. The molecule has 0 bridgehead atoms. The number of benzene rings is 2. The lowest BCUT2D eigenvalue weighted by molar-refractivity contribution is -0.123. The minimum absolute atomic E-state index is 0.0289. The number of likely N-dealkylation sites (tertiary alicyclic amines) is 1. The van der Waals surface area contributed by atoms with E-state index in [1.807, 2.05) is 18.2 Å². The average molecular weight is 456 g/mol. The third-order valence-electron chi connectivity index (χ3n) is 6.29. The highest BCUT2D eigenvalue weighted by molar-refractivity contribution is 6.03. The van der Waals surface area contributed by atoms with Crippen molar-refractivity contribution in [1.29, 1.82) is 0 Å². The lowest BCUT2D eigenvalue weighted by Gasteiger charge is -2.30. The summed E-state index contributed by atoms with van der Waals surface area (Å²) in [4.78, 5) is 39.9. The zero-order valence-electron chi connectivity index (χ0n) is 18.1. The summed E-state index contributed by atoms with van der Waals surface area (Å²) in [5.74, 6) is -3.22. The number of rotatable bonds is 6. The molecule has 2 heterocycles. The predicted octanol–water partition coefficient (Wildman–Crippen LogP) is 2.65. The van der Waals surface area contributed by atoms with Crippen LogP contribution >= 0.6 is 0 Å². The maximum atomic E-state index is 14.1. The van der Waals surface area contributed by atoms with Gasteiger partial charge in [0.1, 0.15) is 11.6 Å². The Bertz CT molecular complexity index is 1070. The molecule has 4 rings (SSSR count). The Kier molecular flexibility index (Phi) is 6.69. The molecule has 0 aliphatic carbocycles. The zero-order valence-corrected chi connectivity index (χ0v) is 18.1. The van der Waals surface area contributed by atoms with Gasteiger partial charge in [0.05, 0.1) is 11.6 Å². The summed E-state index contributed by atoms with van der Waals surface area (Å²) >= 11 is 0. The van der Waals surface area contributed by atoms with Gasteiger partial charge in [-0.2, -0.15) is 0 Å². The Morgan fingerprint density at radius 2 is 1.82 bits per heavy atom. The van der Waals surface area contributed by atoms with Crippen LogP contribution in [-0.2, 0) is 20.9 Å². The highest BCUT2D eigenvalue weighted by atomic mass is 19.1. The number of nitrogens with zero attached hydrogens (tertiary/aromatic N) is 2. The SMILES string of the molecule is NC(=O)C1CCN(Cc2cccc(NC(=O)C3CC(=O)N(c4ccc(F)cc4F)C3)c2)CC1. The van der Waals surface area contributed by atoms with Crippen LogP contribution < -0.4 is 16.0 Å². The molecule has 3 N–H and O–H groups in total. The van der Waals surface area contributed by atoms with Crippen LogP contribution in [0.2, 0.25) is 0 Å². The fourth-order valence-electron chi connectivity index (χ4n) is 4.44. The van der Waals surface area contributed by atoms with Crippen LogP contribution in [0.25, 0.3) is 0 Å². The van der Waals surface area contributed by atoms with E-state index in [0.29, 0.717) is 12.2 Å². The molecule has 33 heavy (non-hydrogen) atoms. The molecular weight excluding hydrogens is 430 g/mol. The molecule has 2 aliphatic heterocycles. The molecular formula is C24H26F2N4O3. The number of carbonyl (C=O) groups is 3. The minimum atomic E-state index is -0.836. The van der Waals surface area contributed by atoms with E-state index < -0.39 is 17.6 Å². The van der Waals surface area contributed by atoms with E-state index in [2.05, 4.69) is 10.2 Å². The van der Waals surface area contributed by atoms with Gasteiger partial charge in [-0.15, -0.1) is 0 Å². The molecule has 2 aromatic carbocycles. The first-order chi connectivity index (χ1) is 15.8. The van der Waals surface area contributed by atoms with Crippen molar-refractivity contribution in [3.63, 3.8) is 0 Å². The molecule has 174 valence electrons. The predicted molar refractivity (Wildman–Crippen MR) is 119 cm³/mol. The number of primary amides is 1. The molecule has 0 aromatic heterocycles. The van der Waals surface area contributed by atoms with Crippen LogP contribution in [-0.4, -0.2) is 42.3 Å². The summed E-state index contributed by atoms with van der Waals surface area (Å²) < 4.78 is 27.3. The fourth-order valence-corrected chi connectivity index (χ4v) is 4.44. The van der Waals surface area contributed by atoms with Crippen molar-refractivity contribution in [2.75, 3.05) is 29.9 Å². The molecule has 1 atom stereocenters. The van der Waals surface area contributed by atoms with Gasteiger partial charge < -0.3 is 16.0 Å². The lowest BCUT2D eigenvalue weighted by Crippen LogP contribution is -2.38. The van der Waals surface area contributed by atoms with Gasteiger partial charge in [0.25, 0.3) is 0 Å². The number of nitrogens with one attached hydrogen (secondary N) is 1. The molecule has 2 saturated heterocycles. The first-order valence-electron chi connectivity index (χ1n) is 11.0.